The van der Waals surface area contributed by atoms with Crippen molar-refractivity contribution in [2.75, 3.05) is 0 Å². The molecule has 0 aromatic heterocycles. The Labute approximate surface area is 96.3 Å². The van der Waals surface area contributed by atoms with Gasteiger partial charge in [-0.2, -0.15) is 0 Å². The smallest absolute Gasteiger partial charge is 0.323 e. The number of sulfonamides is 1. The van der Waals surface area contributed by atoms with Crippen molar-refractivity contribution < 1.29 is 18.3 Å². The standard InChI is InChI=1S/C10H19NO4S/c1-8(9(12)13)16(14,15)11-10(2)6-4-3-5-7-10/h8,11H,3-7H2,1-2H3,(H,12,13). The van der Waals surface area contributed by atoms with Crippen LogP contribution in [-0.2, 0) is 14.8 Å². The lowest BCUT2D eigenvalue weighted by molar-refractivity contribution is -0.136. The van der Waals surface area contributed by atoms with E-state index in [2.05, 4.69) is 4.72 Å². The maximum Gasteiger partial charge on any atom is 0.323 e. The van der Waals surface area contributed by atoms with E-state index in [1.165, 1.54) is 6.92 Å². The molecule has 0 aromatic rings. The van der Waals surface area contributed by atoms with Crippen molar-refractivity contribution >= 4 is 16.0 Å². The average Bonchev–Trinajstić information content (AvgIpc) is 2.15. The molecule has 0 spiro atoms. The molecule has 94 valence electrons. The number of carboxylic acids is 1. The number of carbonyl (C=O) groups is 1. The van der Waals surface area contributed by atoms with Gasteiger partial charge in [-0.25, -0.2) is 13.1 Å². The van der Waals surface area contributed by atoms with E-state index in [-0.39, 0.29) is 0 Å². The van der Waals surface area contributed by atoms with Gasteiger partial charge in [0.25, 0.3) is 0 Å². The van der Waals surface area contributed by atoms with E-state index in [0.29, 0.717) is 0 Å². The second-order valence-corrected chi connectivity index (χ2v) is 6.75. The van der Waals surface area contributed by atoms with Crippen molar-refractivity contribution in [1.82, 2.24) is 4.72 Å². The molecule has 6 heteroatoms. The lowest BCUT2D eigenvalue weighted by Crippen LogP contribution is -2.51. The first kappa shape index (κ1) is 13.4. The molecule has 0 bridgehead atoms. The van der Waals surface area contributed by atoms with Crippen molar-refractivity contribution in [3.8, 4) is 0 Å². The van der Waals surface area contributed by atoms with Crippen molar-refractivity contribution in [1.29, 1.82) is 0 Å². The van der Waals surface area contributed by atoms with Gasteiger partial charge in [-0.3, -0.25) is 4.79 Å². The van der Waals surface area contributed by atoms with Crippen molar-refractivity contribution in [2.45, 2.75) is 56.7 Å². The number of aliphatic carboxylic acids is 1. The number of hydrogen-bond donors (Lipinski definition) is 2. The predicted octanol–water partition coefficient (Wildman–Crippen LogP) is 1.10. The topological polar surface area (TPSA) is 83.5 Å². The summed E-state index contributed by atoms with van der Waals surface area (Å²) in [4.78, 5) is 10.7. The molecular formula is C10H19NO4S. The van der Waals surface area contributed by atoms with E-state index in [4.69, 9.17) is 5.11 Å². The zero-order valence-electron chi connectivity index (χ0n) is 9.69. The number of hydrogen-bond acceptors (Lipinski definition) is 3. The summed E-state index contributed by atoms with van der Waals surface area (Å²) in [5.74, 6) is -1.31. The molecule has 0 saturated heterocycles. The summed E-state index contributed by atoms with van der Waals surface area (Å²) in [5, 5.41) is 7.31. The SMILES string of the molecule is CC(C(=O)O)S(=O)(=O)NC1(C)CCCCC1. The fourth-order valence-electron chi connectivity index (χ4n) is 2.00. The van der Waals surface area contributed by atoms with Gasteiger partial charge < -0.3 is 5.11 Å². The van der Waals surface area contributed by atoms with Crippen LogP contribution >= 0.6 is 0 Å². The van der Waals surface area contributed by atoms with Crippen LogP contribution in [0.3, 0.4) is 0 Å². The minimum Gasteiger partial charge on any atom is -0.480 e. The molecule has 0 heterocycles. The molecule has 1 rings (SSSR count). The quantitative estimate of drug-likeness (QED) is 0.781. The molecule has 1 atom stereocenters. The van der Waals surface area contributed by atoms with E-state index in [9.17, 15) is 13.2 Å². The van der Waals surface area contributed by atoms with E-state index < -0.39 is 26.8 Å². The Bertz CT molecular complexity index is 357. The normalized spacial score (nSPS) is 22.6. The zero-order valence-corrected chi connectivity index (χ0v) is 10.5. The first-order valence-electron chi connectivity index (χ1n) is 5.52. The predicted molar refractivity (Wildman–Crippen MR) is 60.6 cm³/mol. The third-order valence-corrected chi connectivity index (χ3v) is 5.07. The molecule has 1 aliphatic carbocycles. The molecule has 1 fully saturated rings. The minimum atomic E-state index is -3.77. The molecule has 5 nitrogen and oxygen atoms in total. The maximum atomic E-state index is 11.8. The Kier molecular flexibility index (Phi) is 3.96. The van der Waals surface area contributed by atoms with Gasteiger partial charge in [0.1, 0.15) is 0 Å². The molecule has 0 aromatic carbocycles. The Morgan fingerprint density at radius 2 is 1.81 bits per heavy atom. The average molecular weight is 249 g/mol. The Hall–Kier alpha value is -0.620. The lowest BCUT2D eigenvalue weighted by atomic mass is 9.84. The molecule has 0 radical (unpaired) electrons. The summed E-state index contributed by atoms with van der Waals surface area (Å²) >= 11 is 0. The Morgan fingerprint density at radius 3 is 2.25 bits per heavy atom. The molecule has 1 saturated carbocycles. The summed E-state index contributed by atoms with van der Waals surface area (Å²) in [6.07, 6.45) is 4.64. The second-order valence-electron chi connectivity index (χ2n) is 4.75. The fourth-order valence-corrected chi connectivity index (χ4v) is 3.33. The number of rotatable bonds is 4. The highest BCUT2D eigenvalue weighted by molar-refractivity contribution is 7.90. The third kappa shape index (κ3) is 3.18. The summed E-state index contributed by atoms with van der Waals surface area (Å²) in [5.41, 5.74) is -0.471. The van der Waals surface area contributed by atoms with E-state index in [1.807, 2.05) is 6.92 Å². The van der Waals surface area contributed by atoms with Crippen LogP contribution in [0.15, 0.2) is 0 Å². The molecule has 2 N–H and O–H groups in total. The maximum absolute atomic E-state index is 11.8. The summed E-state index contributed by atoms with van der Waals surface area (Å²) < 4.78 is 26.1. The van der Waals surface area contributed by atoms with Gasteiger partial charge in [-0.05, 0) is 26.7 Å². The van der Waals surface area contributed by atoms with Crippen molar-refractivity contribution in [3.05, 3.63) is 0 Å². The van der Waals surface area contributed by atoms with Gasteiger partial charge in [-0.1, -0.05) is 19.3 Å². The monoisotopic (exact) mass is 249 g/mol. The molecule has 16 heavy (non-hydrogen) atoms. The van der Waals surface area contributed by atoms with Crippen LogP contribution in [0.25, 0.3) is 0 Å². The van der Waals surface area contributed by atoms with Gasteiger partial charge >= 0.3 is 5.97 Å². The highest BCUT2D eigenvalue weighted by Gasteiger charge is 2.36. The van der Waals surface area contributed by atoms with Crippen LogP contribution in [0, 0.1) is 0 Å². The molecule has 0 amide bonds. The third-order valence-electron chi connectivity index (χ3n) is 3.16. The Morgan fingerprint density at radius 1 is 1.31 bits per heavy atom. The van der Waals surface area contributed by atoms with Crippen molar-refractivity contribution in [3.63, 3.8) is 0 Å². The highest BCUT2D eigenvalue weighted by Crippen LogP contribution is 2.28. The van der Waals surface area contributed by atoms with Gasteiger partial charge in [0, 0.05) is 5.54 Å². The van der Waals surface area contributed by atoms with Gasteiger partial charge in [0.2, 0.25) is 10.0 Å². The van der Waals surface area contributed by atoms with Gasteiger partial charge in [0.15, 0.2) is 5.25 Å². The molecule has 0 aliphatic heterocycles. The van der Waals surface area contributed by atoms with Crippen LogP contribution in [0.4, 0.5) is 0 Å². The van der Waals surface area contributed by atoms with Crippen LogP contribution < -0.4 is 4.72 Å². The number of nitrogens with one attached hydrogen (secondary N) is 1. The van der Waals surface area contributed by atoms with Crippen LogP contribution in [0.2, 0.25) is 0 Å². The van der Waals surface area contributed by atoms with Gasteiger partial charge in [-0.15, -0.1) is 0 Å². The molecule has 1 unspecified atom stereocenters. The molecular weight excluding hydrogens is 230 g/mol. The van der Waals surface area contributed by atoms with Crippen LogP contribution in [0.5, 0.6) is 0 Å². The van der Waals surface area contributed by atoms with Crippen molar-refractivity contribution in [2.24, 2.45) is 0 Å². The second kappa shape index (κ2) is 4.71. The lowest BCUT2D eigenvalue weighted by Gasteiger charge is -2.34. The Balaban J connectivity index is 2.75. The highest BCUT2D eigenvalue weighted by atomic mass is 32.2. The zero-order chi connectivity index (χ0) is 12.4. The van der Waals surface area contributed by atoms with E-state index >= 15 is 0 Å². The van der Waals surface area contributed by atoms with Crippen LogP contribution in [-0.4, -0.2) is 30.3 Å². The number of carboxylic acid groups (broad SMARTS) is 1. The van der Waals surface area contributed by atoms with E-state index in [1.54, 1.807) is 0 Å². The molecule has 1 aliphatic rings. The van der Waals surface area contributed by atoms with E-state index in [0.717, 1.165) is 32.1 Å². The fraction of sp³-hybridized carbons (Fsp3) is 0.900. The summed E-state index contributed by atoms with van der Waals surface area (Å²) in [6, 6.07) is 0. The largest absolute Gasteiger partial charge is 0.480 e. The van der Waals surface area contributed by atoms with Gasteiger partial charge in [0.05, 0.1) is 0 Å². The first-order chi connectivity index (χ1) is 7.27. The first-order valence-corrected chi connectivity index (χ1v) is 7.07. The van der Waals surface area contributed by atoms with Crippen LogP contribution in [0.1, 0.15) is 46.0 Å². The summed E-state index contributed by atoms with van der Waals surface area (Å²) in [6.45, 7) is 3.04. The minimum absolute atomic E-state index is 0.471. The summed E-state index contributed by atoms with van der Waals surface area (Å²) in [7, 11) is -3.77.